The molecule has 0 aromatic carbocycles. The molecule has 27 heavy (non-hydrogen) atoms. The molecule has 2 aliphatic rings. The fourth-order valence-electron chi connectivity index (χ4n) is 4.73. The third kappa shape index (κ3) is 5.68. The topological polar surface area (TPSA) is 58.9 Å². The SMILES string of the molecule is CC[C@@H](/C=C/I)CC[C@@H]1O[C@]2(CC[C@H](C)[C@H](C[C@@H](C)O)O2)[C@H](C)[C@H](O)[C@@H]1C. The zero-order valence-electron chi connectivity index (χ0n) is 17.6. The molecule has 2 aliphatic heterocycles. The van der Waals surface area contributed by atoms with Crippen LogP contribution in [-0.4, -0.2) is 40.4 Å². The Hall–Kier alpha value is 0.310. The molecule has 0 saturated carbocycles. The molecule has 1 spiro atoms. The lowest BCUT2D eigenvalue weighted by molar-refractivity contribution is -0.371. The Morgan fingerprint density at radius 3 is 2.48 bits per heavy atom. The van der Waals surface area contributed by atoms with E-state index in [2.05, 4.69) is 60.4 Å². The molecular weight excluding hydrogens is 455 g/mol. The lowest BCUT2D eigenvalue weighted by atomic mass is 9.75. The first-order valence-electron chi connectivity index (χ1n) is 10.7. The van der Waals surface area contributed by atoms with Gasteiger partial charge in [-0.05, 0) is 54.9 Å². The Bertz CT molecular complexity index is 483. The summed E-state index contributed by atoms with van der Waals surface area (Å²) in [7, 11) is 0. The van der Waals surface area contributed by atoms with E-state index in [0.29, 0.717) is 18.3 Å². The van der Waals surface area contributed by atoms with E-state index in [1.54, 1.807) is 0 Å². The third-order valence-electron chi connectivity index (χ3n) is 6.88. The van der Waals surface area contributed by atoms with Gasteiger partial charge in [-0.2, -0.15) is 0 Å². The molecule has 2 N–H and O–H groups in total. The Morgan fingerprint density at radius 1 is 1.22 bits per heavy atom. The van der Waals surface area contributed by atoms with Crippen LogP contribution < -0.4 is 0 Å². The molecule has 5 heteroatoms. The summed E-state index contributed by atoms with van der Waals surface area (Å²) in [5.74, 6) is 0.271. The smallest absolute Gasteiger partial charge is 0.174 e. The third-order valence-corrected chi connectivity index (χ3v) is 7.30. The van der Waals surface area contributed by atoms with Crippen LogP contribution in [0.25, 0.3) is 0 Å². The van der Waals surface area contributed by atoms with Crippen LogP contribution in [-0.2, 0) is 9.47 Å². The molecule has 0 aliphatic carbocycles. The fraction of sp³-hybridized carbons (Fsp3) is 0.909. The molecule has 158 valence electrons. The number of hydrogen-bond donors (Lipinski definition) is 2. The van der Waals surface area contributed by atoms with Crippen LogP contribution in [0.5, 0.6) is 0 Å². The lowest BCUT2D eigenvalue weighted by Gasteiger charge is -2.55. The molecule has 0 amide bonds. The minimum Gasteiger partial charge on any atom is -0.393 e. The summed E-state index contributed by atoms with van der Waals surface area (Å²) in [4.78, 5) is 0. The summed E-state index contributed by atoms with van der Waals surface area (Å²) in [5, 5.41) is 20.8. The molecule has 2 rings (SSSR count). The van der Waals surface area contributed by atoms with Gasteiger partial charge in [0, 0.05) is 18.3 Å². The van der Waals surface area contributed by atoms with E-state index in [9.17, 15) is 10.2 Å². The highest BCUT2D eigenvalue weighted by atomic mass is 127. The number of aliphatic hydroxyl groups is 2. The Labute approximate surface area is 179 Å². The highest BCUT2D eigenvalue weighted by Gasteiger charge is 2.54. The van der Waals surface area contributed by atoms with Crippen molar-refractivity contribution in [3.8, 4) is 0 Å². The molecule has 0 bridgehead atoms. The van der Waals surface area contributed by atoms with E-state index in [4.69, 9.17) is 9.47 Å². The molecule has 0 aromatic heterocycles. The normalized spacial score (nSPS) is 42.5. The summed E-state index contributed by atoms with van der Waals surface area (Å²) in [5.41, 5.74) is 0. The molecule has 2 heterocycles. The monoisotopic (exact) mass is 494 g/mol. The molecule has 0 radical (unpaired) electrons. The van der Waals surface area contributed by atoms with Gasteiger partial charge in [0.05, 0.1) is 24.4 Å². The maximum Gasteiger partial charge on any atom is 0.174 e. The van der Waals surface area contributed by atoms with E-state index >= 15 is 0 Å². The quantitative estimate of drug-likeness (QED) is 0.486. The van der Waals surface area contributed by atoms with E-state index < -0.39 is 18.0 Å². The highest BCUT2D eigenvalue weighted by Crippen LogP contribution is 2.47. The van der Waals surface area contributed by atoms with Gasteiger partial charge in [0.15, 0.2) is 5.79 Å². The van der Waals surface area contributed by atoms with Crippen molar-refractivity contribution >= 4 is 22.6 Å². The molecule has 2 saturated heterocycles. The highest BCUT2D eigenvalue weighted by molar-refractivity contribution is 14.1. The van der Waals surface area contributed by atoms with Gasteiger partial charge in [-0.25, -0.2) is 0 Å². The van der Waals surface area contributed by atoms with Gasteiger partial charge in [-0.1, -0.05) is 56.4 Å². The first-order valence-corrected chi connectivity index (χ1v) is 12.0. The average Bonchev–Trinajstić information content (AvgIpc) is 2.63. The maximum atomic E-state index is 11.0. The van der Waals surface area contributed by atoms with Crippen LogP contribution in [0.2, 0.25) is 0 Å². The number of ether oxygens (including phenoxy) is 2. The maximum absolute atomic E-state index is 11.0. The van der Waals surface area contributed by atoms with Crippen molar-refractivity contribution in [1.29, 1.82) is 0 Å². The summed E-state index contributed by atoms with van der Waals surface area (Å²) in [6.07, 6.45) is 6.99. The van der Waals surface area contributed by atoms with Crippen LogP contribution in [0.3, 0.4) is 0 Å². The summed E-state index contributed by atoms with van der Waals surface area (Å²) in [6.45, 7) is 10.4. The van der Waals surface area contributed by atoms with Gasteiger partial charge in [-0.3, -0.25) is 0 Å². The zero-order chi connectivity index (χ0) is 20.2. The van der Waals surface area contributed by atoms with Crippen molar-refractivity contribution in [2.45, 2.75) is 103 Å². The molecule has 4 nitrogen and oxygen atoms in total. The molecule has 2 fully saturated rings. The standard InChI is InChI=1S/C22H39IO4/c1-6-18(10-12-23)7-8-19-16(4)21(25)17(5)22(26-19)11-9-14(2)20(27-22)13-15(3)24/h10,12,14-21,24-25H,6-9,11,13H2,1-5H3/b12-10+/t14-,15+,16+,17+,18+,19-,20-,21+,22-/m0/s1. The minimum absolute atomic E-state index is 0.00784. The van der Waals surface area contributed by atoms with Gasteiger partial charge in [0.2, 0.25) is 0 Å². The number of rotatable bonds is 7. The van der Waals surface area contributed by atoms with E-state index in [1.807, 2.05) is 6.92 Å². The Balaban J connectivity index is 2.13. The average molecular weight is 494 g/mol. The number of allylic oxidation sites excluding steroid dienone is 1. The van der Waals surface area contributed by atoms with Gasteiger partial charge in [0.1, 0.15) is 0 Å². The summed E-state index contributed by atoms with van der Waals surface area (Å²) in [6, 6.07) is 0. The van der Waals surface area contributed by atoms with Crippen molar-refractivity contribution < 1.29 is 19.7 Å². The van der Waals surface area contributed by atoms with E-state index in [0.717, 1.165) is 32.1 Å². The second-order valence-corrected chi connectivity index (χ2v) is 9.65. The lowest BCUT2D eigenvalue weighted by Crippen LogP contribution is -2.61. The summed E-state index contributed by atoms with van der Waals surface area (Å²) >= 11 is 2.28. The Kier molecular flexibility index (Phi) is 9.06. The van der Waals surface area contributed by atoms with Crippen LogP contribution in [0.15, 0.2) is 10.2 Å². The number of aliphatic hydroxyl groups excluding tert-OH is 2. The predicted octanol–water partition coefficient (Wildman–Crippen LogP) is 5.06. The zero-order valence-corrected chi connectivity index (χ0v) is 19.8. The largest absolute Gasteiger partial charge is 0.393 e. The van der Waals surface area contributed by atoms with E-state index in [1.165, 1.54) is 0 Å². The van der Waals surface area contributed by atoms with Crippen molar-refractivity contribution in [2.24, 2.45) is 23.7 Å². The molecule has 9 atom stereocenters. The Morgan fingerprint density at radius 2 is 1.89 bits per heavy atom. The van der Waals surface area contributed by atoms with Gasteiger partial charge >= 0.3 is 0 Å². The minimum atomic E-state index is -0.719. The van der Waals surface area contributed by atoms with Gasteiger partial charge in [-0.15, -0.1) is 0 Å². The second kappa shape index (κ2) is 10.4. The number of halogens is 1. The second-order valence-electron chi connectivity index (χ2n) is 8.93. The van der Waals surface area contributed by atoms with Crippen LogP contribution >= 0.6 is 22.6 Å². The van der Waals surface area contributed by atoms with Crippen molar-refractivity contribution in [1.82, 2.24) is 0 Å². The van der Waals surface area contributed by atoms with Crippen LogP contribution in [0.1, 0.15) is 73.1 Å². The van der Waals surface area contributed by atoms with Crippen molar-refractivity contribution in [3.63, 3.8) is 0 Å². The first-order chi connectivity index (χ1) is 12.7. The molecular formula is C22H39IO4. The fourth-order valence-corrected chi connectivity index (χ4v) is 5.32. The van der Waals surface area contributed by atoms with Crippen LogP contribution in [0, 0.1) is 23.7 Å². The number of hydrogen-bond acceptors (Lipinski definition) is 4. The van der Waals surface area contributed by atoms with Crippen molar-refractivity contribution in [3.05, 3.63) is 10.2 Å². The molecule has 0 unspecified atom stereocenters. The van der Waals surface area contributed by atoms with Gasteiger partial charge < -0.3 is 19.7 Å². The molecule has 0 aromatic rings. The van der Waals surface area contributed by atoms with Gasteiger partial charge in [0.25, 0.3) is 0 Å². The first kappa shape index (κ1) is 23.6. The predicted molar refractivity (Wildman–Crippen MR) is 118 cm³/mol. The van der Waals surface area contributed by atoms with E-state index in [-0.39, 0.29) is 24.0 Å². The van der Waals surface area contributed by atoms with Crippen molar-refractivity contribution in [2.75, 3.05) is 0 Å². The summed E-state index contributed by atoms with van der Waals surface area (Å²) < 4.78 is 15.3. The van der Waals surface area contributed by atoms with Crippen LogP contribution in [0.4, 0.5) is 0 Å².